The molecule has 94 valence electrons. The maximum atomic E-state index is 11.5. The van der Waals surface area contributed by atoms with Crippen LogP contribution in [0.2, 0.25) is 0 Å². The first-order chi connectivity index (χ1) is 8.52. The molecule has 4 nitrogen and oxygen atoms in total. The van der Waals surface area contributed by atoms with E-state index in [1.807, 2.05) is 24.3 Å². The van der Waals surface area contributed by atoms with Gasteiger partial charge in [0.25, 0.3) is 0 Å². The van der Waals surface area contributed by atoms with Crippen molar-refractivity contribution in [2.45, 2.75) is 18.9 Å². The smallest absolute Gasteiger partial charge is 0.331 e. The van der Waals surface area contributed by atoms with E-state index in [4.69, 9.17) is 0 Å². The summed E-state index contributed by atoms with van der Waals surface area (Å²) in [6.07, 6.45) is 3.65. The van der Waals surface area contributed by atoms with Gasteiger partial charge in [-0.05, 0) is 30.7 Å². The standard InChI is InChI=1S/C13H13BrN2O2/c1-13(12(17)18,16-8-2-7-15-16)9-10-3-5-11(14)6-4-10/h2-8H,9H2,1H3,(H,17,18). The van der Waals surface area contributed by atoms with Crippen molar-refractivity contribution in [1.29, 1.82) is 0 Å². The number of carbonyl (C=O) groups is 1. The van der Waals surface area contributed by atoms with Crippen LogP contribution in [0.1, 0.15) is 12.5 Å². The summed E-state index contributed by atoms with van der Waals surface area (Å²) in [4.78, 5) is 11.5. The van der Waals surface area contributed by atoms with Crippen molar-refractivity contribution in [1.82, 2.24) is 9.78 Å². The van der Waals surface area contributed by atoms with Crippen molar-refractivity contribution in [3.8, 4) is 0 Å². The fourth-order valence-electron chi connectivity index (χ4n) is 1.82. The third-order valence-electron chi connectivity index (χ3n) is 2.93. The molecule has 2 aromatic rings. The van der Waals surface area contributed by atoms with Gasteiger partial charge in [0, 0.05) is 23.3 Å². The minimum absolute atomic E-state index is 0.386. The molecule has 0 fully saturated rings. The Kier molecular flexibility index (Phi) is 3.52. The van der Waals surface area contributed by atoms with Crippen molar-refractivity contribution >= 4 is 21.9 Å². The normalized spacial score (nSPS) is 14.1. The second-order valence-electron chi connectivity index (χ2n) is 4.33. The first-order valence-electron chi connectivity index (χ1n) is 5.50. The van der Waals surface area contributed by atoms with Gasteiger partial charge in [-0.3, -0.25) is 4.68 Å². The van der Waals surface area contributed by atoms with Crippen molar-refractivity contribution in [3.05, 3.63) is 52.8 Å². The van der Waals surface area contributed by atoms with E-state index < -0.39 is 11.5 Å². The van der Waals surface area contributed by atoms with E-state index in [-0.39, 0.29) is 0 Å². The van der Waals surface area contributed by atoms with E-state index in [2.05, 4.69) is 21.0 Å². The summed E-state index contributed by atoms with van der Waals surface area (Å²) in [7, 11) is 0. The summed E-state index contributed by atoms with van der Waals surface area (Å²) in [5.74, 6) is -0.894. The molecule has 0 radical (unpaired) electrons. The Balaban J connectivity index is 2.32. The third kappa shape index (κ3) is 2.46. The summed E-state index contributed by atoms with van der Waals surface area (Å²) in [6, 6.07) is 9.35. The molecular formula is C13H13BrN2O2. The summed E-state index contributed by atoms with van der Waals surface area (Å²) in [5.41, 5.74) is -0.115. The highest BCUT2D eigenvalue weighted by Gasteiger charge is 2.35. The molecule has 1 heterocycles. The number of nitrogens with zero attached hydrogens (tertiary/aromatic N) is 2. The zero-order chi connectivity index (χ0) is 13.2. The number of aromatic nitrogens is 2. The predicted molar refractivity (Wildman–Crippen MR) is 71.4 cm³/mol. The molecule has 1 aromatic carbocycles. The van der Waals surface area contributed by atoms with E-state index in [0.717, 1.165) is 10.0 Å². The molecule has 2 rings (SSSR count). The van der Waals surface area contributed by atoms with E-state index >= 15 is 0 Å². The van der Waals surface area contributed by atoms with Gasteiger partial charge >= 0.3 is 5.97 Å². The molecule has 0 saturated heterocycles. The molecular weight excluding hydrogens is 296 g/mol. The van der Waals surface area contributed by atoms with E-state index in [9.17, 15) is 9.90 Å². The van der Waals surface area contributed by atoms with E-state index in [1.54, 1.807) is 25.4 Å². The monoisotopic (exact) mass is 308 g/mol. The second kappa shape index (κ2) is 4.94. The van der Waals surface area contributed by atoms with Crippen LogP contribution >= 0.6 is 15.9 Å². The lowest BCUT2D eigenvalue weighted by atomic mass is 9.93. The van der Waals surface area contributed by atoms with Gasteiger partial charge in [0.2, 0.25) is 0 Å². The molecule has 0 saturated carbocycles. The Morgan fingerprint density at radius 1 is 1.44 bits per heavy atom. The number of hydrogen-bond acceptors (Lipinski definition) is 2. The molecule has 0 aliphatic carbocycles. The van der Waals surface area contributed by atoms with Crippen LogP contribution in [-0.4, -0.2) is 20.9 Å². The highest BCUT2D eigenvalue weighted by atomic mass is 79.9. The lowest BCUT2D eigenvalue weighted by Crippen LogP contribution is -2.41. The van der Waals surface area contributed by atoms with Crippen LogP contribution in [0.3, 0.4) is 0 Å². The Bertz CT molecular complexity index is 537. The van der Waals surface area contributed by atoms with Crippen molar-refractivity contribution in [2.75, 3.05) is 0 Å². The SMILES string of the molecule is CC(Cc1ccc(Br)cc1)(C(=O)O)n1cccn1. The predicted octanol–water partition coefficient (Wildman–Crippen LogP) is 2.69. The number of benzene rings is 1. The van der Waals surface area contributed by atoms with Crippen LogP contribution in [0.15, 0.2) is 47.2 Å². The molecule has 1 atom stereocenters. The molecule has 0 spiro atoms. The van der Waals surface area contributed by atoms with Crippen molar-refractivity contribution < 1.29 is 9.90 Å². The van der Waals surface area contributed by atoms with E-state index in [0.29, 0.717) is 6.42 Å². The van der Waals surface area contributed by atoms with Crippen molar-refractivity contribution in [3.63, 3.8) is 0 Å². The van der Waals surface area contributed by atoms with Crippen LogP contribution in [0.5, 0.6) is 0 Å². The van der Waals surface area contributed by atoms with Crippen LogP contribution in [-0.2, 0) is 16.8 Å². The summed E-state index contributed by atoms with van der Waals surface area (Å²) in [6.45, 7) is 1.67. The number of aliphatic carboxylic acids is 1. The Hall–Kier alpha value is -1.62. The van der Waals surface area contributed by atoms with Gasteiger partial charge in [-0.1, -0.05) is 28.1 Å². The Labute approximate surface area is 113 Å². The van der Waals surface area contributed by atoms with Gasteiger partial charge in [0.1, 0.15) is 0 Å². The minimum Gasteiger partial charge on any atom is -0.479 e. The molecule has 0 aliphatic heterocycles. The van der Waals surface area contributed by atoms with Crippen LogP contribution in [0, 0.1) is 0 Å². The Morgan fingerprint density at radius 3 is 2.61 bits per heavy atom. The maximum Gasteiger partial charge on any atom is 0.331 e. The van der Waals surface area contributed by atoms with Crippen LogP contribution in [0.4, 0.5) is 0 Å². The molecule has 18 heavy (non-hydrogen) atoms. The van der Waals surface area contributed by atoms with Gasteiger partial charge in [-0.15, -0.1) is 0 Å². The van der Waals surface area contributed by atoms with Gasteiger partial charge in [-0.25, -0.2) is 4.79 Å². The molecule has 1 unspecified atom stereocenters. The second-order valence-corrected chi connectivity index (χ2v) is 5.25. The zero-order valence-electron chi connectivity index (χ0n) is 9.88. The van der Waals surface area contributed by atoms with E-state index in [1.165, 1.54) is 4.68 Å². The summed E-state index contributed by atoms with van der Waals surface area (Å²) >= 11 is 3.36. The van der Waals surface area contributed by atoms with Gasteiger partial charge in [0.15, 0.2) is 5.54 Å². The van der Waals surface area contributed by atoms with Crippen molar-refractivity contribution in [2.24, 2.45) is 0 Å². The van der Waals surface area contributed by atoms with Crippen LogP contribution in [0.25, 0.3) is 0 Å². The van der Waals surface area contributed by atoms with Gasteiger partial charge in [0.05, 0.1) is 0 Å². The quantitative estimate of drug-likeness (QED) is 0.945. The molecule has 1 aromatic heterocycles. The average Bonchev–Trinajstić information content (AvgIpc) is 2.86. The van der Waals surface area contributed by atoms with Gasteiger partial charge in [-0.2, -0.15) is 5.10 Å². The third-order valence-corrected chi connectivity index (χ3v) is 3.46. The van der Waals surface area contributed by atoms with Gasteiger partial charge < -0.3 is 5.11 Å². The fourth-order valence-corrected chi connectivity index (χ4v) is 2.08. The first-order valence-corrected chi connectivity index (χ1v) is 6.29. The topological polar surface area (TPSA) is 55.1 Å². The molecule has 0 bridgehead atoms. The number of halogens is 1. The lowest BCUT2D eigenvalue weighted by Gasteiger charge is -2.25. The number of hydrogen-bond donors (Lipinski definition) is 1. The fraction of sp³-hybridized carbons (Fsp3) is 0.231. The number of carboxylic acid groups (broad SMARTS) is 1. The summed E-state index contributed by atoms with van der Waals surface area (Å²) in [5, 5.41) is 13.5. The highest BCUT2D eigenvalue weighted by molar-refractivity contribution is 9.10. The minimum atomic E-state index is -1.07. The molecule has 5 heteroatoms. The summed E-state index contributed by atoms with van der Waals surface area (Å²) < 4.78 is 2.46. The zero-order valence-corrected chi connectivity index (χ0v) is 11.5. The number of rotatable bonds is 4. The Morgan fingerprint density at radius 2 is 2.11 bits per heavy atom. The number of carboxylic acids is 1. The first kappa shape index (κ1) is 12.8. The lowest BCUT2D eigenvalue weighted by molar-refractivity contribution is -0.147. The molecule has 0 amide bonds. The largest absolute Gasteiger partial charge is 0.479 e. The molecule has 0 aliphatic rings. The highest BCUT2D eigenvalue weighted by Crippen LogP contribution is 2.22. The van der Waals surface area contributed by atoms with Crippen LogP contribution < -0.4 is 0 Å². The average molecular weight is 309 g/mol. The molecule has 1 N–H and O–H groups in total. The maximum absolute atomic E-state index is 11.5.